The number of aryl methyl sites for hydroxylation is 4. The van der Waals surface area contributed by atoms with Gasteiger partial charge < -0.3 is 5.32 Å². The lowest BCUT2D eigenvalue weighted by molar-refractivity contribution is -0.122. The van der Waals surface area contributed by atoms with E-state index in [9.17, 15) is 9.59 Å². The highest BCUT2D eigenvalue weighted by atomic mass is 32.1. The molecule has 3 heterocycles. The van der Waals surface area contributed by atoms with E-state index in [2.05, 4.69) is 46.4 Å². The Labute approximate surface area is 198 Å². The van der Waals surface area contributed by atoms with Crippen LogP contribution < -0.4 is 10.9 Å². The molecule has 0 bridgehead atoms. The van der Waals surface area contributed by atoms with Gasteiger partial charge in [0.05, 0.1) is 11.7 Å². The summed E-state index contributed by atoms with van der Waals surface area (Å²) in [6, 6.07) is 8.88. The van der Waals surface area contributed by atoms with Crippen molar-refractivity contribution in [1.29, 1.82) is 0 Å². The third kappa shape index (κ3) is 5.04. The van der Waals surface area contributed by atoms with E-state index in [0.29, 0.717) is 13.0 Å². The Morgan fingerprint density at radius 1 is 1.21 bits per heavy atom. The van der Waals surface area contributed by atoms with Gasteiger partial charge in [-0.3, -0.25) is 19.1 Å². The molecule has 3 aromatic rings. The summed E-state index contributed by atoms with van der Waals surface area (Å²) in [5.41, 5.74) is 3.86. The summed E-state index contributed by atoms with van der Waals surface area (Å²) in [5, 5.41) is 3.98. The lowest BCUT2D eigenvalue weighted by Crippen LogP contribution is -2.44. The molecule has 1 N–H and O–H groups in total. The van der Waals surface area contributed by atoms with Crippen LogP contribution in [0.15, 0.2) is 35.4 Å². The number of rotatable bonds is 6. The molecule has 1 aliphatic heterocycles. The Morgan fingerprint density at radius 3 is 2.85 bits per heavy atom. The largest absolute Gasteiger partial charge is 0.353 e. The Balaban J connectivity index is 1.13. The molecule has 0 saturated carbocycles. The first-order chi connectivity index (χ1) is 16.1. The van der Waals surface area contributed by atoms with Crippen molar-refractivity contribution < 1.29 is 4.79 Å². The Kier molecular flexibility index (Phi) is 6.60. The van der Waals surface area contributed by atoms with E-state index in [-0.39, 0.29) is 17.5 Å². The molecular weight excluding hydrogens is 432 g/mol. The fourth-order valence-electron chi connectivity index (χ4n) is 5.17. The highest BCUT2D eigenvalue weighted by molar-refractivity contribution is 7.18. The van der Waals surface area contributed by atoms with E-state index in [1.165, 1.54) is 28.0 Å². The number of aromatic nitrogens is 2. The number of benzene rings is 1. The van der Waals surface area contributed by atoms with Crippen LogP contribution in [-0.2, 0) is 30.7 Å². The number of amides is 1. The Bertz CT molecular complexity index is 1210. The number of fused-ring (bicyclic) bond motifs is 3. The minimum atomic E-state index is 0.0108. The number of piperidine rings is 1. The van der Waals surface area contributed by atoms with Crippen molar-refractivity contribution in [1.82, 2.24) is 19.8 Å². The van der Waals surface area contributed by atoms with Crippen LogP contribution in [0.4, 0.5) is 0 Å². The predicted molar refractivity (Wildman–Crippen MR) is 133 cm³/mol. The summed E-state index contributed by atoms with van der Waals surface area (Å²) < 4.78 is 1.62. The summed E-state index contributed by atoms with van der Waals surface area (Å²) in [6.07, 6.45) is 8.21. The highest BCUT2D eigenvalue weighted by Crippen LogP contribution is 2.33. The highest BCUT2D eigenvalue weighted by Gasteiger charge is 2.22. The van der Waals surface area contributed by atoms with Gasteiger partial charge in [0.25, 0.3) is 5.56 Å². The van der Waals surface area contributed by atoms with Gasteiger partial charge >= 0.3 is 0 Å². The molecule has 1 saturated heterocycles. The van der Waals surface area contributed by atoms with Crippen LogP contribution in [0.5, 0.6) is 0 Å². The third-order valence-corrected chi connectivity index (χ3v) is 8.16. The van der Waals surface area contributed by atoms with Crippen LogP contribution in [0.2, 0.25) is 0 Å². The van der Waals surface area contributed by atoms with E-state index in [1.54, 1.807) is 22.2 Å². The van der Waals surface area contributed by atoms with Crippen molar-refractivity contribution in [3.05, 3.63) is 62.5 Å². The van der Waals surface area contributed by atoms with Crippen molar-refractivity contribution in [2.45, 2.75) is 71.0 Å². The van der Waals surface area contributed by atoms with Crippen molar-refractivity contribution in [2.24, 2.45) is 0 Å². The summed E-state index contributed by atoms with van der Waals surface area (Å²) in [7, 11) is 0. The number of carbonyl (C=O) groups is 1. The van der Waals surface area contributed by atoms with Gasteiger partial charge in [-0.15, -0.1) is 11.3 Å². The molecular formula is C26H32N4O2S. The van der Waals surface area contributed by atoms with Crippen LogP contribution >= 0.6 is 11.3 Å². The summed E-state index contributed by atoms with van der Waals surface area (Å²) in [5.74, 6) is 0.0199. The third-order valence-electron chi connectivity index (χ3n) is 6.96. The maximum absolute atomic E-state index is 13.1. The molecule has 2 aromatic heterocycles. The first-order valence-corrected chi connectivity index (χ1v) is 13.0. The minimum absolute atomic E-state index is 0.0108. The zero-order chi connectivity index (χ0) is 22.8. The van der Waals surface area contributed by atoms with Crippen molar-refractivity contribution >= 4 is 27.5 Å². The summed E-state index contributed by atoms with van der Waals surface area (Å²) in [6.45, 7) is 5.45. The van der Waals surface area contributed by atoms with Gasteiger partial charge in [-0.2, -0.15) is 0 Å². The molecule has 0 atom stereocenters. The maximum atomic E-state index is 13.1. The molecule has 1 amide bonds. The van der Waals surface area contributed by atoms with Crippen LogP contribution in [0, 0.1) is 6.92 Å². The molecule has 1 aliphatic carbocycles. The minimum Gasteiger partial charge on any atom is -0.353 e. The number of hydrogen-bond acceptors (Lipinski definition) is 5. The number of nitrogens with zero attached hydrogens (tertiary/aromatic N) is 3. The topological polar surface area (TPSA) is 67.2 Å². The molecule has 174 valence electrons. The average molecular weight is 465 g/mol. The predicted octanol–water partition coefficient (Wildman–Crippen LogP) is 3.82. The molecule has 0 unspecified atom stereocenters. The molecule has 0 radical (unpaired) electrons. The number of thiophene rings is 1. The lowest BCUT2D eigenvalue weighted by atomic mass is 9.97. The monoisotopic (exact) mass is 464 g/mol. The van der Waals surface area contributed by atoms with E-state index in [1.807, 2.05) is 0 Å². The van der Waals surface area contributed by atoms with E-state index in [4.69, 9.17) is 0 Å². The van der Waals surface area contributed by atoms with Gasteiger partial charge in [0, 0.05) is 43.5 Å². The number of hydrogen-bond donors (Lipinski definition) is 1. The molecule has 1 aromatic carbocycles. The van der Waals surface area contributed by atoms with Crippen LogP contribution in [0.3, 0.4) is 0 Å². The first kappa shape index (κ1) is 22.3. The molecule has 6 nitrogen and oxygen atoms in total. The molecule has 7 heteroatoms. The summed E-state index contributed by atoms with van der Waals surface area (Å²) in [4.78, 5) is 34.8. The normalized spacial score (nSPS) is 17.2. The number of nitrogens with one attached hydrogen (secondary N) is 1. The van der Waals surface area contributed by atoms with Gasteiger partial charge in [-0.05, 0) is 56.6 Å². The quantitative estimate of drug-likeness (QED) is 0.602. The zero-order valence-electron chi connectivity index (χ0n) is 19.3. The molecule has 2 aliphatic rings. The summed E-state index contributed by atoms with van der Waals surface area (Å²) >= 11 is 1.66. The van der Waals surface area contributed by atoms with Crippen molar-refractivity contribution in [3.63, 3.8) is 0 Å². The standard InChI is InChI=1S/C26H32N4O2S/c1-18-5-4-6-19(15-18)16-29-12-9-20(10-13-29)28-23(31)11-14-30-17-27-25-24(26(30)32)21-7-2-3-8-22(21)33-25/h4-6,15,17,20H,2-3,7-14,16H2,1H3,(H,28,31). The van der Waals surface area contributed by atoms with Gasteiger partial charge in [0.15, 0.2) is 0 Å². The number of likely N-dealkylation sites (tertiary alicyclic amines) is 1. The second kappa shape index (κ2) is 9.77. The molecule has 33 heavy (non-hydrogen) atoms. The van der Waals surface area contributed by atoms with E-state index in [0.717, 1.165) is 62.0 Å². The second-order valence-corrected chi connectivity index (χ2v) is 10.6. The lowest BCUT2D eigenvalue weighted by Gasteiger charge is -2.32. The van der Waals surface area contributed by atoms with Gasteiger partial charge in [-0.25, -0.2) is 4.98 Å². The Hall–Kier alpha value is -2.51. The van der Waals surface area contributed by atoms with Crippen molar-refractivity contribution in [3.8, 4) is 0 Å². The molecule has 0 spiro atoms. The number of carbonyl (C=O) groups excluding carboxylic acids is 1. The van der Waals surface area contributed by atoms with Crippen LogP contribution in [0.1, 0.15) is 53.7 Å². The van der Waals surface area contributed by atoms with E-state index >= 15 is 0 Å². The zero-order valence-corrected chi connectivity index (χ0v) is 20.1. The van der Waals surface area contributed by atoms with Crippen LogP contribution in [0.25, 0.3) is 10.2 Å². The molecule has 5 rings (SSSR count). The van der Waals surface area contributed by atoms with Gasteiger partial charge in [-0.1, -0.05) is 29.8 Å². The van der Waals surface area contributed by atoms with Crippen LogP contribution in [-0.4, -0.2) is 39.5 Å². The Morgan fingerprint density at radius 2 is 2.03 bits per heavy atom. The fourth-order valence-corrected chi connectivity index (χ4v) is 6.39. The average Bonchev–Trinajstić information content (AvgIpc) is 3.19. The molecule has 1 fully saturated rings. The second-order valence-electron chi connectivity index (χ2n) is 9.49. The van der Waals surface area contributed by atoms with Gasteiger partial charge in [0.2, 0.25) is 5.91 Å². The van der Waals surface area contributed by atoms with E-state index < -0.39 is 0 Å². The fraction of sp³-hybridized carbons (Fsp3) is 0.500. The SMILES string of the molecule is Cc1cccc(CN2CCC(NC(=O)CCn3cnc4sc5c(c4c3=O)CCCC5)CC2)c1. The smallest absolute Gasteiger partial charge is 0.262 e. The first-order valence-electron chi connectivity index (χ1n) is 12.1. The van der Waals surface area contributed by atoms with Crippen molar-refractivity contribution in [2.75, 3.05) is 13.1 Å². The maximum Gasteiger partial charge on any atom is 0.262 e. The van der Waals surface area contributed by atoms with Gasteiger partial charge in [0.1, 0.15) is 4.83 Å².